The molecule has 0 aliphatic rings. The summed E-state index contributed by atoms with van der Waals surface area (Å²) in [5.74, 6) is -3.13. The number of aryl methyl sites for hydroxylation is 1. The number of benzene rings is 4. The predicted octanol–water partition coefficient (Wildman–Crippen LogP) is 2.09. The summed E-state index contributed by atoms with van der Waals surface area (Å²) in [6, 6.07) is 27.8. The lowest BCUT2D eigenvalue weighted by Crippen LogP contribution is -2.59. The van der Waals surface area contributed by atoms with Crippen molar-refractivity contribution in [2.75, 3.05) is 6.54 Å². The third-order valence-electron chi connectivity index (χ3n) is 9.75. The molecule has 1 heterocycles. The maximum Gasteiger partial charge on any atom is 0.243 e. The first-order valence-electron chi connectivity index (χ1n) is 19.6. The van der Waals surface area contributed by atoms with Crippen LogP contribution in [-0.2, 0) is 49.7 Å². The van der Waals surface area contributed by atoms with Crippen molar-refractivity contribution in [2.24, 2.45) is 22.2 Å². The van der Waals surface area contributed by atoms with E-state index in [4.69, 9.17) is 17.2 Å². The Kier molecular flexibility index (Phi) is 16.1. The Morgan fingerprint density at radius 2 is 1.20 bits per heavy atom. The molecule has 4 aromatic carbocycles. The summed E-state index contributed by atoms with van der Waals surface area (Å²) in [7, 11) is 0. The lowest BCUT2D eigenvalue weighted by Gasteiger charge is -2.26. The van der Waals surface area contributed by atoms with Crippen LogP contribution in [-0.4, -0.2) is 76.2 Å². The lowest BCUT2D eigenvalue weighted by atomic mass is 10.0. The van der Waals surface area contributed by atoms with Gasteiger partial charge in [0.25, 0.3) is 0 Å². The van der Waals surface area contributed by atoms with Crippen molar-refractivity contribution in [3.63, 3.8) is 0 Å². The second kappa shape index (κ2) is 22.1. The molecule has 5 aromatic rings. The number of hydrogen-bond acceptors (Lipinski definition) is 7. The SMILES string of the molecule is NC(=O)[C@@H](Cc1ccc2ccccc2c1)NC(=O)[C@H](CCCN=C(N)N)NC(=O)[C@@H](Cc1ccccc1)NC(=O)[C@H](Cc1cnc[nH]1)NC(=O)CCCc1ccccc1. The van der Waals surface area contributed by atoms with Crippen LogP contribution >= 0.6 is 0 Å². The largest absolute Gasteiger partial charge is 0.370 e. The van der Waals surface area contributed by atoms with Crippen molar-refractivity contribution in [1.82, 2.24) is 31.2 Å². The number of nitrogens with one attached hydrogen (secondary N) is 5. The fourth-order valence-corrected chi connectivity index (χ4v) is 6.66. The smallest absolute Gasteiger partial charge is 0.243 e. The van der Waals surface area contributed by atoms with Gasteiger partial charge < -0.3 is 43.5 Å². The van der Waals surface area contributed by atoms with Gasteiger partial charge in [-0.3, -0.25) is 29.0 Å². The quantitative estimate of drug-likeness (QED) is 0.0292. The monoisotopic (exact) mass is 800 g/mol. The van der Waals surface area contributed by atoms with Gasteiger partial charge in [0.2, 0.25) is 29.5 Å². The summed E-state index contributed by atoms with van der Waals surface area (Å²) in [5, 5.41) is 13.2. The summed E-state index contributed by atoms with van der Waals surface area (Å²) in [4.78, 5) is 79.1. The number of aliphatic imine (C=N–C) groups is 1. The third kappa shape index (κ3) is 14.1. The number of guanidine groups is 1. The van der Waals surface area contributed by atoms with Crippen molar-refractivity contribution < 1.29 is 24.0 Å². The van der Waals surface area contributed by atoms with Gasteiger partial charge in [-0.15, -0.1) is 0 Å². The number of hydrogen-bond donors (Lipinski definition) is 8. The summed E-state index contributed by atoms with van der Waals surface area (Å²) in [6.07, 6.45) is 5.10. The zero-order valence-corrected chi connectivity index (χ0v) is 32.8. The van der Waals surface area contributed by atoms with Crippen LogP contribution in [0.5, 0.6) is 0 Å². The third-order valence-corrected chi connectivity index (χ3v) is 9.75. The standard InChI is InChI=1S/C44H52N10O5/c45-40(56)36(25-31-20-21-32-16-7-8-17-33(32)23-31)53-41(57)35(18-10-22-49-44(46)47)52-42(58)37(24-30-13-5-2-6-14-30)54-43(59)38(26-34-27-48-28-50-34)51-39(55)19-9-15-29-11-3-1-4-12-29/h1-8,11-14,16-17,20-21,23,27-28,35-38H,9-10,15,18-19,22,24-26H2,(H2,45,56)(H,48,50)(H,51,55)(H,52,58)(H,53,57)(H,54,59)(H4,46,47,49)/t35-,36+,37+,38-/m0/s1. The van der Waals surface area contributed by atoms with Gasteiger partial charge in [-0.25, -0.2) is 4.98 Å². The molecule has 4 atom stereocenters. The van der Waals surface area contributed by atoms with Gasteiger partial charge in [0, 0.05) is 44.1 Å². The molecule has 15 heteroatoms. The first kappa shape index (κ1) is 43.1. The number of imidazole rings is 1. The molecule has 11 N–H and O–H groups in total. The molecule has 0 spiro atoms. The summed E-state index contributed by atoms with van der Waals surface area (Å²) < 4.78 is 0. The van der Waals surface area contributed by atoms with Gasteiger partial charge >= 0.3 is 0 Å². The lowest BCUT2D eigenvalue weighted by molar-refractivity contribution is -0.134. The highest BCUT2D eigenvalue weighted by molar-refractivity contribution is 5.95. The number of nitrogens with zero attached hydrogens (tertiary/aromatic N) is 2. The summed E-state index contributed by atoms with van der Waals surface area (Å²) in [5.41, 5.74) is 20.0. The molecule has 0 unspecified atom stereocenters. The number of amides is 5. The molecule has 5 amide bonds. The molecule has 0 aliphatic heterocycles. The molecule has 15 nitrogen and oxygen atoms in total. The first-order valence-corrected chi connectivity index (χ1v) is 19.6. The highest BCUT2D eigenvalue weighted by Gasteiger charge is 2.31. The molecular weight excluding hydrogens is 749 g/mol. The molecule has 5 rings (SSSR count). The normalized spacial score (nSPS) is 12.9. The van der Waals surface area contributed by atoms with Gasteiger partial charge in [-0.2, -0.15) is 0 Å². The van der Waals surface area contributed by atoms with Crippen molar-refractivity contribution in [1.29, 1.82) is 0 Å². The first-order chi connectivity index (χ1) is 28.5. The number of rotatable bonds is 22. The highest BCUT2D eigenvalue weighted by Crippen LogP contribution is 2.17. The van der Waals surface area contributed by atoms with E-state index in [-0.39, 0.29) is 50.5 Å². The minimum atomic E-state index is -1.18. The Balaban J connectivity index is 1.33. The molecule has 0 saturated heterocycles. The fraction of sp³-hybridized carbons (Fsp3) is 0.295. The number of H-pyrrole nitrogens is 1. The van der Waals surface area contributed by atoms with E-state index >= 15 is 0 Å². The van der Waals surface area contributed by atoms with Crippen LogP contribution in [0.15, 0.2) is 121 Å². The van der Waals surface area contributed by atoms with Gasteiger partial charge in [0.05, 0.1) is 6.33 Å². The van der Waals surface area contributed by atoms with E-state index < -0.39 is 47.8 Å². The van der Waals surface area contributed by atoms with E-state index in [0.29, 0.717) is 25.0 Å². The van der Waals surface area contributed by atoms with E-state index in [1.807, 2.05) is 103 Å². The second-order valence-corrected chi connectivity index (χ2v) is 14.4. The molecule has 1 aromatic heterocycles. The van der Waals surface area contributed by atoms with Crippen molar-refractivity contribution >= 4 is 46.3 Å². The van der Waals surface area contributed by atoms with Gasteiger partial charge in [-0.05, 0) is 53.1 Å². The molecule has 0 radical (unpaired) electrons. The molecule has 59 heavy (non-hydrogen) atoms. The van der Waals surface area contributed by atoms with Crippen LogP contribution in [0.25, 0.3) is 10.8 Å². The van der Waals surface area contributed by atoms with Crippen LogP contribution in [0.2, 0.25) is 0 Å². The van der Waals surface area contributed by atoms with Crippen molar-refractivity contribution in [2.45, 2.75) is 75.5 Å². The van der Waals surface area contributed by atoms with Crippen LogP contribution in [0.3, 0.4) is 0 Å². The van der Waals surface area contributed by atoms with Gasteiger partial charge in [0.15, 0.2) is 5.96 Å². The summed E-state index contributed by atoms with van der Waals surface area (Å²) >= 11 is 0. The predicted molar refractivity (Wildman–Crippen MR) is 226 cm³/mol. The Morgan fingerprint density at radius 1 is 0.610 bits per heavy atom. The number of aromatic amines is 1. The second-order valence-electron chi connectivity index (χ2n) is 14.4. The van der Waals surface area contributed by atoms with Gasteiger partial charge in [0.1, 0.15) is 24.2 Å². The molecule has 0 bridgehead atoms. The molecular formula is C44H52N10O5. The Hall–Kier alpha value is -7.03. The number of carbonyl (C=O) groups excluding carboxylic acids is 5. The zero-order valence-electron chi connectivity index (χ0n) is 32.8. The Labute approximate surface area is 343 Å². The van der Waals surface area contributed by atoms with Crippen molar-refractivity contribution in [3.05, 3.63) is 138 Å². The van der Waals surface area contributed by atoms with Crippen LogP contribution in [0.4, 0.5) is 0 Å². The van der Waals surface area contributed by atoms with E-state index in [1.165, 1.54) is 6.33 Å². The maximum atomic E-state index is 14.2. The Bertz CT molecular complexity index is 2180. The van der Waals surface area contributed by atoms with E-state index in [1.54, 1.807) is 6.20 Å². The highest BCUT2D eigenvalue weighted by atomic mass is 16.2. The molecule has 0 saturated carbocycles. The van der Waals surface area contributed by atoms with Crippen molar-refractivity contribution in [3.8, 4) is 0 Å². The molecule has 0 aliphatic carbocycles. The van der Waals surface area contributed by atoms with E-state index in [9.17, 15) is 24.0 Å². The van der Waals surface area contributed by atoms with E-state index in [2.05, 4.69) is 36.2 Å². The fourth-order valence-electron chi connectivity index (χ4n) is 6.66. The zero-order chi connectivity index (χ0) is 42.0. The summed E-state index contributed by atoms with van der Waals surface area (Å²) in [6.45, 7) is 0.169. The molecule has 308 valence electrons. The number of primary amides is 1. The van der Waals surface area contributed by atoms with Crippen LogP contribution in [0.1, 0.15) is 48.1 Å². The van der Waals surface area contributed by atoms with Crippen LogP contribution < -0.4 is 38.5 Å². The Morgan fingerprint density at radius 3 is 1.86 bits per heavy atom. The number of nitrogens with two attached hydrogens (primary N) is 3. The maximum absolute atomic E-state index is 14.2. The number of aromatic nitrogens is 2. The number of carbonyl (C=O) groups is 5. The van der Waals surface area contributed by atoms with Crippen LogP contribution in [0, 0.1) is 0 Å². The minimum Gasteiger partial charge on any atom is -0.370 e. The minimum absolute atomic E-state index is 0.0639. The number of fused-ring (bicyclic) bond motifs is 1. The van der Waals surface area contributed by atoms with E-state index in [0.717, 1.165) is 27.5 Å². The topological polar surface area (TPSA) is 253 Å². The molecule has 0 fully saturated rings. The average molecular weight is 801 g/mol. The van der Waals surface area contributed by atoms with Gasteiger partial charge in [-0.1, -0.05) is 103 Å². The average Bonchev–Trinajstić information content (AvgIpc) is 3.75.